The van der Waals surface area contributed by atoms with Crippen molar-refractivity contribution in [3.8, 4) is 16.9 Å². The molecule has 0 aliphatic carbocycles. The molecular formula is C22H24ClFN4O. The number of piperidine rings is 1. The Balaban J connectivity index is 0.00000240. The Morgan fingerprint density at radius 1 is 1.17 bits per heavy atom. The number of benzene rings is 2. The highest BCUT2D eigenvalue weighted by Gasteiger charge is 2.21. The highest BCUT2D eigenvalue weighted by Crippen LogP contribution is 2.24. The molecule has 7 heteroatoms. The zero-order chi connectivity index (χ0) is 19.3. The van der Waals surface area contributed by atoms with E-state index in [9.17, 15) is 9.18 Å². The Morgan fingerprint density at radius 3 is 2.62 bits per heavy atom. The van der Waals surface area contributed by atoms with Gasteiger partial charge in [-0.3, -0.25) is 4.79 Å². The first kappa shape index (κ1) is 21.0. The zero-order valence-corrected chi connectivity index (χ0v) is 16.8. The summed E-state index contributed by atoms with van der Waals surface area (Å²) in [6, 6.07) is 16.1. The van der Waals surface area contributed by atoms with E-state index in [1.165, 1.54) is 12.1 Å². The van der Waals surface area contributed by atoms with Gasteiger partial charge in [-0.15, -0.1) is 12.4 Å². The van der Waals surface area contributed by atoms with Crippen molar-refractivity contribution in [1.29, 1.82) is 0 Å². The fourth-order valence-corrected chi connectivity index (χ4v) is 3.51. The average molecular weight is 415 g/mol. The zero-order valence-electron chi connectivity index (χ0n) is 16.0. The van der Waals surface area contributed by atoms with Gasteiger partial charge in [0.25, 0.3) is 0 Å². The van der Waals surface area contributed by atoms with Crippen molar-refractivity contribution in [2.45, 2.75) is 19.4 Å². The first-order chi connectivity index (χ1) is 13.7. The number of carbonyl (C=O) groups is 1. The monoisotopic (exact) mass is 414 g/mol. The first-order valence-electron chi connectivity index (χ1n) is 9.59. The number of aromatic nitrogens is 2. The molecule has 1 atom stereocenters. The summed E-state index contributed by atoms with van der Waals surface area (Å²) < 4.78 is 15.1. The van der Waals surface area contributed by atoms with Crippen LogP contribution in [0, 0.1) is 11.7 Å². The maximum Gasteiger partial charge on any atom is 0.224 e. The lowest BCUT2D eigenvalue weighted by molar-refractivity contribution is -0.125. The third kappa shape index (κ3) is 5.02. The molecule has 0 bridgehead atoms. The second kappa shape index (κ2) is 9.67. The molecule has 0 radical (unpaired) electrons. The van der Waals surface area contributed by atoms with E-state index in [0.717, 1.165) is 48.4 Å². The quantitative estimate of drug-likeness (QED) is 0.669. The number of carbonyl (C=O) groups excluding carboxylic acids is 1. The van der Waals surface area contributed by atoms with Crippen LogP contribution in [0.3, 0.4) is 0 Å². The van der Waals surface area contributed by atoms with E-state index < -0.39 is 0 Å². The summed E-state index contributed by atoms with van der Waals surface area (Å²) in [6.07, 6.45) is 3.85. The number of rotatable bonds is 5. The second-order valence-electron chi connectivity index (χ2n) is 7.05. The van der Waals surface area contributed by atoms with Gasteiger partial charge >= 0.3 is 0 Å². The normalized spacial score (nSPS) is 16.1. The molecule has 0 saturated carbocycles. The van der Waals surface area contributed by atoms with Crippen LogP contribution in [-0.2, 0) is 11.3 Å². The fourth-order valence-electron chi connectivity index (χ4n) is 3.51. The van der Waals surface area contributed by atoms with Gasteiger partial charge < -0.3 is 10.6 Å². The van der Waals surface area contributed by atoms with Crippen molar-refractivity contribution in [1.82, 2.24) is 20.4 Å². The summed E-state index contributed by atoms with van der Waals surface area (Å²) in [5.41, 5.74) is 3.39. The van der Waals surface area contributed by atoms with Crippen molar-refractivity contribution in [2.75, 3.05) is 13.1 Å². The SMILES string of the molecule is Cl.O=C(NCc1cn(-c2ccccc2)nc1-c1ccc(F)cc1)C1CCCNC1. The maximum atomic E-state index is 13.3. The smallest absolute Gasteiger partial charge is 0.224 e. The van der Waals surface area contributed by atoms with E-state index in [2.05, 4.69) is 10.6 Å². The van der Waals surface area contributed by atoms with Crippen molar-refractivity contribution in [3.63, 3.8) is 0 Å². The summed E-state index contributed by atoms with van der Waals surface area (Å²) in [4.78, 5) is 12.5. The highest BCUT2D eigenvalue weighted by atomic mass is 35.5. The van der Waals surface area contributed by atoms with Crippen LogP contribution in [0.5, 0.6) is 0 Å². The lowest BCUT2D eigenvalue weighted by atomic mass is 9.98. The number of halogens is 2. The molecule has 0 spiro atoms. The molecule has 1 fully saturated rings. The molecule has 1 aliphatic rings. The van der Waals surface area contributed by atoms with Gasteiger partial charge in [0.05, 0.1) is 17.3 Å². The molecule has 2 N–H and O–H groups in total. The number of hydrogen-bond donors (Lipinski definition) is 2. The highest BCUT2D eigenvalue weighted by molar-refractivity contribution is 5.85. The lowest BCUT2D eigenvalue weighted by Crippen LogP contribution is -2.40. The van der Waals surface area contributed by atoms with Crippen LogP contribution in [-0.4, -0.2) is 28.8 Å². The van der Waals surface area contributed by atoms with Crippen LogP contribution < -0.4 is 10.6 Å². The molecule has 152 valence electrons. The summed E-state index contributed by atoms with van der Waals surface area (Å²) in [5.74, 6) is -0.220. The van der Waals surface area contributed by atoms with Crippen LogP contribution >= 0.6 is 12.4 Å². The van der Waals surface area contributed by atoms with Gasteiger partial charge in [0.1, 0.15) is 5.82 Å². The van der Waals surface area contributed by atoms with Crippen molar-refractivity contribution < 1.29 is 9.18 Å². The van der Waals surface area contributed by atoms with Crippen LogP contribution in [0.1, 0.15) is 18.4 Å². The summed E-state index contributed by atoms with van der Waals surface area (Å²) in [6.45, 7) is 2.08. The van der Waals surface area contributed by atoms with Crippen LogP contribution in [0.4, 0.5) is 4.39 Å². The van der Waals surface area contributed by atoms with E-state index >= 15 is 0 Å². The molecule has 1 aromatic heterocycles. The van der Waals surface area contributed by atoms with Crippen molar-refractivity contribution >= 4 is 18.3 Å². The third-order valence-corrected chi connectivity index (χ3v) is 5.05. The lowest BCUT2D eigenvalue weighted by Gasteiger charge is -2.21. The van der Waals surface area contributed by atoms with Crippen LogP contribution in [0.15, 0.2) is 60.8 Å². The van der Waals surface area contributed by atoms with Gasteiger partial charge in [-0.05, 0) is 55.8 Å². The van der Waals surface area contributed by atoms with Gasteiger partial charge in [0.15, 0.2) is 0 Å². The van der Waals surface area contributed by atoms with E-state index in [0.29, 0.717) is 6.54 Å². The minimum Gasteiger partial charge on any atom is -0.352 e. The molecule has 5 nitrogen and oxygen atoms in total. The molecular weight excluding hydrogens is 391 g/mol. The maximum absolute atomic E-state index is 13.3. The molecule has 1 saturated heterocycles. The number of nitrogens with one attached hydrogen (secondary N) is 2. The van der Waals surface area contributed by atoms with Crippen LogP contribution in [0.2, 0.25) is 0 Å². The van der Waals surface area contributed by atoms with Crippen molar-refractivity contribution in [2.24, 2.45) is 5.92 Å². The Morgan fingerprint density at radius 2 is 1.93 bits per heavy atom. The topological polar surface area (TPSA) is 59.0 Å². The van der Waals surface area contributed by atoms with Gasteiger partial charge in [0.2, 0.25) is 5.91 Å². The van der Waals surface area contributed by atoms with E-state index in [-0.39, 0.29) is 30.0 Å². The minimum absolute atomic E-state index is 0. The predicted octanol–water partition coefficient (Wildman–Crippen LogP) is 3.72. The second-order valence-corrected chi connectivity index (χ2v) is 7.05. The minimum atomic E-state index is -0.286. The summed E-state index contributed by atoms with van der Waals surface area (Å²) >= 11 is 0. The third-order valence-electron chi connectivity index (χ3n) is 5.05. The van der Waals surface area contributed by atoms with Gasteiger partial charge in [-0.1, -0.05) is 18.2 Å². The molecule has 1 amide bonds. The van der Waals surface area contributed by atoms with Crippen LogP contribution in [0.25, 0.3) is 16.9 Å². The van der Waals surface area contributed by atoms with Gasteiger partial charge in [-0.25, -0.2) is 9.07 Å². The molecule has 4 rings (SSSR count). The van der Waals surface area contributed by atoms with E-state index in [1.807, 2.05) is 36.5 Å². The molecule has 1 aliphatic heterocycles. The Kier molecular flexibility index (Phi) is 7.01. The number of para-hydroxylation sites is 1. The van der Waals surface area contributed by atoms with Gasteiger partial charge in [-0.2, -0.15) is 5.10 Å². The molecule has 3 aromatic rings. The summed E-state index contributed by atoms with van der Waals surface area (Å²) in [5, 5.41) is 11.0. The fraction of sp³-hybridized carbons (Fsp3) is 0.273. The van der Waals surface area contributed by atoms with E-state index in [1.54, 1.807) is 16.8 Å². The predicted molar refractivity (Wildman–Crippen MR) is 114 cm³/mol. The summed E-state index contributed by atoms with van der Waals surface area (Å²) in [7, 11) is 0. The Bertz CT molecular complexity index is 937. The van der Waals surface area contributed by atoms with E-state index in [4.69, 9.17) is 5.10 Å². The Hall–Kier alpha value is -2.70. The molecule has 2 aromatic carbocycles. The number of nitrogens with zero attached hydrogens (tertiary/aromatic N) is 2. The molecule has 1 unspecified atom stereocenters. The van der Waals surface area contributed by atoms with Crippen molar-refractivity contribution in [3.05, 3.63) is 72.2 Å². The average Bonchev–Trinajstić information content (AvgIpc) is 3.18. The first-order valence-corrected chi connectivity index (χ1v) is 9.59. The van der Waals surface area contributed by atoms with Gasteiger partial charge in [0, 0.05) is 30.4 Å². The number of hydrogen-bond acceptors (Lipinski definition) is 3. The molecule has 2 heterocycles. The Labute approximate surface area is 175 Å². The standard InChI is InChI=1S/C22H23FN4O.ClH/c23-19-10-8-16(9-11-19)21-18(14-25-22(28)17-5-4-12-24-13-17)15-27(26-21)20-6-2-1-3-7-20;/h1-3,6-11,15,17,24H,4-5,12-14H2,(H,25,28);1H. The number of amides is 1. The molecule has 29 heavy (non-hydrogen) atoms. The largest absolute Gasteiger partial charge is 0.352 e.